The van der Waals surface area contributed by atoms with Gasteiger partial charge in [0, 0.05) is 41.6 Å². The van der Waals surface area contributed by atoms with Gasteiger partial charge in [-0.2, -0.15) is 8.78 Å². The number of nitrogens with zero attached hydrogens (tertiary/aromatic N) is 2. The fourth-order valence-electron chi connectivity index (χ4n) is 5.67. The smallest absolute Gasteiger partial charge is 0.387 e. The second-order valence-electron chi connectivity index (χ2n) is 11.2. The average molecular weight is 527 g/mol. The number of hydrogen-bond acceptors (Lipinski definition) is 5. The Labute approximate surface area is 219 Å². The summed E-state index contributed by atoms with van der Waals surface area (Å²) in [5.74, 6) is -0.167. The number of benzene rings is 2. The van der Waals surface area contributed by atoms with Crippen molar-refractivity contribution in [2.24, 2.45) is 0 Å². The molecule has 0 bridgehead atoms. The lowest BCUT2D eigenvalue weighted by Crippen LogP contribution is -2.53. The van der Waals surface area contributed by atoms with Crippen LogP contribution in [-0.4, -0.2) is 62.6 Å². The zero-order valence-electron chi connectivity index (χ0n) is 21.8. The van der Waals surface area contributed by atoms with Crippen molar-refractivity contribution in [1.29, 1.82) is 0 Å². The molecule has 3 aromatic rings. The van der Waals surface area contributed by atoms with E-state index in [2.05, 4.69) is 15.0 Å². The summed E-state index contributed by atoms with van der Waals surface area (Å²) in [5, 5.41) is 14.1. The average Bonchev–Trinajstić information content (AvgIpc) is 3.26. The third-order valence-electron chi connectivity index (χ3n) is 7.31. The molecule has 0 saturated carbocycles. The van der Waals surface area contributed by atoms with Gasteiger partial charge in [0.2, 0.25) is 0 Å². The topological polar surface area (TPSA) is 97.9 Å². The number of nitrogens with one attached hydrogen (secondary N) is 2. The highest BCUT2D eigenvalue weighted by Crippen LogP contribution is 2.47. The number of aromatic nitrogens is 1. The molecule has 38 heavy (non-hydrogen) atoms. The molecular formula is C28H32F2N4O4. The van der Waals surface area contributed by atoms with E-state index in [1.54, 1.807) is 42.2 Å². The predicted octanol–water partition coefficient (Wildman–Crippen LogP) is 4.73. The number of fused-ring (bicyclic) bond motifs is 4. The highest BCUT2D eigenvalue weighted by molar-refractivity contribution is 6.08. The van der Waals surface area contributed by atoms with E-state index in [0.717, 1.165) is 16.8 Å². The predicted molar refractivity (Wildman–Crippen MR) is 138 cm³/mol. The minimum atomic E-state index is -2.96. The molecule has 202 valence electrons. The van der Waals surface area contributed by atoms with Crippen LogP contribution in [0.15, 0.2) is 42.5 Å². The molecule has 10 heteroatoms. The number of hydrogen-bond donors (Lipinski definition) is 3. The molecule has 0 aliphatic carbocycles. The van der Waals surface area contributed by atoms with Crippen LogP contribution in [0.2, 0.25) is 0 Å². The normalized spacial score (nSPS) is 21.4. The van der Waals surface area contributed by atoms with E-state index in [4.69, 9.17) is 0 Å². The van der Waals surface area contributed by atoms with Gasteiger partial charge in [0.1, 0.15) is 17.0 Å². The molecular weight excluding hydrogens is 494 g/mol. The number of phenols is 1. The SMILES string of the molecule is CC(C)(C)NCCN1C(=O)N2C(Cc3cccc(O)c3)c3[nH]c4ccc(OC(F)F)cc4c3C[C@@]2(C)C1=O. The van der Waals surface area contributed by atoms with E-state index in [1.807, 2.05) is 26.8 Å². The van der Waals surface area contributed by atoms with Gasteiger partial charge >= 0.3 is 12.6 Å². The Morgan fingerprint density at radius 3 is 2.66 bits per heavy atom. The lowest BCUT2D eigenvalue weighted by atomic mass is 9.81. The first kappa shape index (κ1) is 26.0. The molecule has 3 amide bonds. The van der Waals surface area contributed by atoms with Gasteiger partial charge < -0.3 is 25.0 Å². The Kier molecular flexibility index (Phi) is 6.33. The summed E-state index contributed by atoms with van der Waals surface area (Å²) in [7, 11) is 0. The molecule has 1 aromatic heterocycles. The summed E-state index contributed by atoms with van der Waals surface area (Å²) < 4.78 is 30.5. The van der Waals surface area contributed by atoms with Crippen LogP contribution in [0.25, 0.3) is 10.9 Å². The number of halogens is 2. The maximum atomic E-state index is 13.8. The van der Waals surface area contributed by atoms with Gasteiger partial charge in [0.05, 0.1) is 6.04 Å². The van der Waals surface area contributed by atoms with E-state index in [-0.39, 0.29) is 41.9 Å². The highest BCUT2D eigenvalue weighted by Gasteiger charge is 2.59. The van der Waals surface area contributed by atoms with Crippen molar-refractivity contribution in [1.82, 2.24) is 20.1 Å². The van der Waals surface area contributed by atoms with Gasteiger partial charge in [0.15, 0.2) is 0 Å². The number of alkyl halides is 2. The lowest BCUT2D eigenvalue weighted by Gasteiger charge is -2.42. The van der Waals surface area contributed by atoms with Gasteiger partial charge in [-0.05, 0) is 75.6 Å². The van der Waals surface area contributed by atoms with Crippen LogP contribution in [0.5, 0.6) is 11.5 Å². The summed E-state index contributed by atoms with van der Waals surface area (Å²) in [6.45, 7) is 5.52. The van der Waals surface area contributed by atoms with Crippen LogP contribution in [0.3, 0.4) is 0 Å². The quantitative estimate of drug-likeness (QED) is 0.387. The fourth-order valence-corrected chi connectivity index (χ4v) is 5.67. The molecule has 2 aliphatic heterocycles. The van der Waals surface area contributed by atoms with Gasteiger partial charge in [-0.3, -0.25) is 9.69 Å². The Bertz CT molecular complexity index is 1400. The molecule has 1 fully saturated rings. The first-order chi connectivity index (χ1) is 17.9. The van der Waals surface area contributed by atoms with Crippen LogP contribution >= 0.6 is 0 Å². The summed E-state index contributed by atoms with van der Waals surface area (Å²) in [6.07, 6.45) is 0.572. The summed E-state index contributed by atoms with van der Waals surface area (Å²) in [6, 6.07) is 10.6. The van der Waals surface area contributed by atoms with Crippen molar-refractivity contribution in [2.45, 2.75) is 64.3 Å². The summed E-state index contributed by atoms with van der Waals surface area (Å²) >= 11 is 0. The molecule has 1 unspecified atom stereocenters. The van der Waals surface area contributed by atoms with Crippen molar-refractivity contribution in [2.75, 3.05) is 13.1 Å². The zero-order valence-corrected chi connectivity index (χ0v) is 21.8. The van der Waals surface area contributed by atoms with Gasteiger partial charge in [-0.15, -0.1) is 0 Å². The largest absolute Gasteiger partial charge is 0.508 e. The number of amides is 3. The van der Waals surface area contributed by atoms with E-state index >= 15 is 0 Å². The first-order valence-corrected chi connectivity index (χ1v) is 12.6. The monoisotopic (exact) mass is 526 g/mol. The molecule has 8 nitrogen and oxygen atoms in total. The number of aromatic hydroxyl groups is 1. The van der Waals surface area contributed by atoms with Crippen molar-refractivity contribution < 1.29 is 28.2 Å². The van der Waals surface area contributed by atoms with Crippen LogP contribution in [0.4, 0.5) is 13.6 Å². The Balaban J connectivity index is 1.58. The van der Waals surface area contributed by atoms with Crippen molar-refractivity contribution in [3.63, 3.8) is 0 Å². The molecule has 5 rings (SSSR count). The number of ether oxygens (including phenoxy) is 1. The van der Waals surface area contributed by atoms with Gasteiger partial charge in [0.25, 0.3) is 5.91 Å². The van der Waals surface area contributed by atoms with Crippen molar-refractivity contribution >= 4 is 22.8 Å². The number of phenolic OH excluding ortho intramolecular Hbond substituents is 1. The van der Waals surface area contributed by atoms with Gasteiger partial charge in [-0.1, -0.05) is 12.1 Å². The van der Waals surface area contributed by atoms with Crippen LogP contribution in [0.1, 0.15) is 50.6 Å². The van der Waals surface area contributed by atoms with Crippen molar-refractivity contribution in [3.8, 4) is 11.5 Å². The number of carbonyl (C=O) groups excluding carboxylic acids is 2. The van der Waals surface area contributed by atoms with Crippen LogP contribution in [-0.2, 0) is 17.6 Å². The molecule has 0 spiro atoms. The van der Waals surface area contributed by atoms with Gasteiger partial charge in [-0.25, -0.2) is 4.79 Å². The number of rotatable bonds is 7. The maximum absolute atomic E-state index is 13.8. The third kappa shape index (κ3) is 4.57. The molecule has 3 N–H and O–H groups in total. The van der Waals surface area contributed by atoms with E-state index in [9.17, 15) is 23.5 Å². The Hall–Kier alpha value is -3.66. The lowest BCUT2D eigenvalue weighted by molar-refractivity contribution is -0.133. The highest BCUT2D eigenvalue weighted by atomic mass is 19.3. The molecule has 0 radical (unpaired) electrons. The minimum Gasteiger partial charge on any atom is -0.508 e. The molecule has 2 aliphatic rings. The Morgan fingerprint density at radius 2 is 1.97 bits per heavy atom. The standard InChI is InChI=1S/C28H32F2N4O4/c1-27(2,3)31-10-11-33-24(36)28(4)15-20-19-14-18(38-25(29)30)8-9-21(19)32-23(20)22(34(28)26(33)37)13-16-6-5-7-17(35)12-16/h5-9,12,14,22,25,31-32,35H,10-11,13,15H2,1-4H3/t22?,28-/m0/s1. The van der Waals surface area contributed by atoms with Crippen LogP contribution < -0.4 is 10.1 Å². The van der Waals surface area contributed by atoms with Crippen molar-refractivity contribution in [3.05, 3.63) is 59.3 Å². The number of urea groups is 1. The number of carbonyl (C=O) groups is 2. The molecule has 2 aromatic carbocycles. The Morgan fingerprint density at radius 1 is 1.21 bits per heavy atom. The molecule has 2 atom stereocenters. The third-order valence-corrected chi connectivity index (χ3v) is 7.31. The molecule has 3 heterocycles. The second-order valence-corrected chi connectivity index (χ2v) is 11.2. The number of imide groups is 1. The summed E-state index contributed by atoms with van der Waals surface area (Å²) in [4.78, 5) is 34.0. The van der Waals surface area contributed by atoms with Crippen LogP contribution in [0, 0.1) is 0 Å². The fraction of sp³-hybridized carbons (Fsp3) is 0.429. The first-order valence-electron chi connectivity index (χ1n) is 12.6. The number of aromatic amines is 1. The summed E-state index contributed by atoms with van der Waals surface area (Å²) in [5.41, 5.74) is 1.69. The van der Waals surface area contributed by atoms with E-state index < -0.39 is 18.2 Å². The molecule has 1 saturated heterocycles. The maximum Gasteiger partial charge on any atom is 0.387 e. The van der Waals surface area contributed by atoms with E-state index in [0.29, 0.717) is 23.9 Å². The minimum absolute atomic E-state index is 0.0233. The second kappa shape index (κ2) is 9.27. The zero-order chi connectivity index (χ0) is 27.4. The van der Waals surface area contributed by atoms with E-state index in [1.165, 1.54) is 11.0 Å². The number of H-pyrrole nitrogens is 1.